The molecule has 0 heterocycles. The van der Waals surface area contributed by atoms with Crippen LogP contribution in [0.5, 0.6) is 0 Å². The second-order valence-corrected chi connectivity index (χ2v) is 3.69. The number of carbonyl (C=O) groups excluding carboxylic acids is 1. The van der Waals surface area contributed by atoms with E-state index in [2.05, 4.69) is 5.32 Å². The van der Waals surface area contributed by atoms with Gasteiger partial charge in [0.05, 0.1) is 13.2 Å². The summed E-state index contributed by atoms with van der Waals surface area (Å²) in [6.45, 7) is 4.33. The minimum absolute atomic E-state index is 0.0211. The van der Waals surface area contributed by atoms with Crippen LogP contribution in [0.1, 0.15) is 6.92 Å². The van der Waals surface area contributed by atoms with Crippen molar-refractivity contribution in [3.05, 3.63) is 30.3 Å². The Morgan fingerprint density at radius 3 is 2.65 bits per heavy atom. The van der Waals surface area contributed by atoms with E-state index in [0.717, 1.165) is 12.2 Å². The molecule has 1 aromatic carbocycles. The summed E-state index contributed by atoms with van der Waals surface area (Å²) in [6, 6.07) is 9.93. The summed E-state index contributed by atoms with van der Waals surface area (Å²) in [7, 11) is 1.62. The third-order valence-electron chi connectivity index (χ3n) is 2.47. The van der Waals surface area contributed by atoms with Crippen LogP contribution >= 0.6 is 0 Å². The Morgan fingerprint density at radius 1 is 1.35 bits per heavy atom. The summed E-state index contributed by atoms with van der Waals surface area (Å²) in [6.07, 6.45) is 0. The van der Waals surface area contributed by atoms with Crippen molar-refractivity contribution < 1.29 is 9.53 Å². The number of methoxy groups -OCH3 is 1. The summed E-state index contributed by atoms with van der Waals surface area (Å²) in [5.74, 6) is 0.0211. The molecule has 0 fully saturated rings. The first-order chi connectivity index (χ1) is 8.27. The van der Waals surface area contributed by atoms with E-state index in [9.17, 15) is 4.79 Å². The third-order valence-corrected chi connectivity index (χ3v) is 2.47. The molecule has 0 saturated heterocycles. The predicted molar refractivity (Wildman–Crippen MR) is 69.2 cm³/mol. The Labute approximate surface area is 103 Å². The van der Waals surface area contributed by atoms with Crippen LogP contribution < -0.4 is 10.2 Å². The number of rotatable bonds is 7. The maximum atomic E-state index is 11.7. The fourth-order valence-corrected chi connectivity index (χ4v) is 1.55. The zero-order chi connectivity index (χ0) is 12.5. The van der Waals surface area contributed by atoms with Gasteiger partial charge in [0.2, 0.25) is 5.91 Å². The van der Waals surface area contributed by atoms with Gasteiger partial charge < -0.3 is 15.0 Å². The largest absolute Gasteiger partial charge is 0.383 e. The van der Waals surface area contributed by atoms with E-state index < -0.39 is 0 Å². The number of amides is 1. The van der Waals surface area contributed by atoms with E-state index in [1.54, 1.807) is 7.11 Å². The average molecular weight is 236 g/mol. The molecule has 0 atom stereocenters. The number of hydrogen-bond acceptors (Lipinski definition) is 3. The fraction of sp³-hybridized carbons (Fsp3) is 0.462. The lowest BCUT2D eigenvalue weighted by Crippen LogP contribution is -2.38. The smallest absolute Gasteiger partial charge is 0.239 e. The van der Waals surface area contributed by atoms with Crippen molar-refractivity contribution in [3.8, 4) is 0 Å². The van der Waals surface area contributed by atoms with E-state index in [1.165, 1.54) is 0 Å². The maximum Gasteiger partial charge on any atom is 0.239 e. The standard InChI is InChI=1S/C13H20N2O2/c1-3-15(12-7-5-4-6-8-12)11-13(16)14-9-10-17-2/h4-8H,3,9-11H2,1-2H3,(H,14,16). The Morgan fingerprint density at radius 2 is 2.06 bits per heavy atom. The van der Waals surface area contributed by atoms with Gasteiger partial charge in [-0.25, -0.2) is 0 Å². The van der Waals surface area contributed by atoms with E-state index in [4.69, 9.17) is 4.74 Å². The highest BCUT2D eigenvalue weighted by Gasteiger charge is 2.08. The molecule has 0 spiro atoms. The zero-order valence-electron chi connectivity index (χ0n) is 10.5. The molecule has 1 rings (SSSR count). The Hall–Kier alpha value is -1.55. The number of likely N-dealkylation sites (N-methyl/N-ethyl adjacent to an activating group) is 1. The lowest BCUT2D eigenvalue weighted by atomic mass is 10.3. The highest BCUT2D eigenvalue weighted by molar-refractivity contribution is 5.81. The Kier molecular flexibility index (Phi) is 6.10. The van der Waals surface area contributed by atoms with Crippen molar-refractivity contribution in [3.63, 3.8) is 0 Å². The highest BCUT2D eigenvalue weighted by Crippen LogP contribution is 2.11. The number of nitrogens with one attached hydrogen (secondary N) is 1. The normalized spacial score (nSPS) is 10.0. The van der Waals surface area contributed by atoms with Gasteiger partial charge in [-0.1, -0.05) is 18.2 Å². The van der Waals surface area contributed by atoms with Crippen LogP contribution in [0.2, 0.25) is 0 Å². The SMILES string of the molecule is CCN(CC(=O)NCCOC)c1ccccc1. The third kappa shape index (κ3) is 4.87. The molecule has 4 heteroatoms. The van der Waals surface area contributed by atoms with Crippen molar-refractivity contribution >= 4 is 11.6 Å². The topological polar surface area (TPSA) is 41.6 Å². The van der Waals surface area contributed by atoms with Gasteiger partial charge in [0.1, 0.15) is 0 Å². The van der Waals surface area contributed by atoms with E-state index >= 15 is 0 Å². The number of ether oxygens (including phenoxy) is 1. The maximum absolute atomic E-state index is 11.7. The van der Waals surface area contributed by atoms with Gasteiger partial charge >= 0.3 is 0 Å². The first-order valence-electron chi connectivity index (χ1n) is 5.83. The summed E-state index contributed by atoms with van der Waals surface area (Å²) in [4.78, 5) is 13.7. The van der Waals surface area contributed by atoms with E-state index in [-0.39, 0.29) is 5.91 Å². The van der Waals surface area contributed by atoms with Crippen LogP contribution in [0.15, 0.2) is 30.3 Å². The molecule has 17 heavy (non-hydrogen) atoms. The Bertz CT molecular complexity index is 327. The molecule has 0 bridgehead atoms. The summed E-state index contributed by atoms with van der Waals surface area (Å²) < 4.78 is 4.88. The van der Waals surface area contributed by atoms with Gasteiger partial charge in [-0.2, -0.15) is 0 Å². The van der Waals surface area contributed by atoms with Gasteiger partial charge in [-0.3, -0.25) is 4.79 Å². The van der Waals surface area contributed by atoms with Crippen molar-refractivity contribution in [1.82, 2.24) is 5.32 Å². The molecular weight excluding hydrogens is 216 g/mol. The molecule has 94 valence electrons. The average Bonchev–Trinajstić information content (AvgIpc) is 2.37. The number of hydrogen-bond donors (Lipinski definition) is 1. The number of anilines is 1. The van der Waals surface area contributed by atoms with Gasteiger partial charge in [0.25, 0.3) is 0 Å². The fourth-order valence-electron chi connectivity index (χ4n) is 1.55. The molecule has 1 amide bonds. The molecule has 0 radical (unpaired) electrons. The summed E-state index contributed by atoms with van der Waals surface area (Å²) >= 11 is 0. The van der Waals surface area contributed by atoms with Crippen molar-refractivity contribution in [2.24, 2.45) is 0 Å². The second kappa shape index (κ2) is 7.68. The lowest BCUT2D eigenvalue weighted by molar-refractivity contribution is -0.119. The quantitative estimate of drug-likeness (QED) is 0.725. The van der Waals surface area contributed by atoms with Crippen LogP contribution in [0.3, 0.4) is 0 Å². The molecule has 0 aliphatic carbocycles. The number of carbonyl (C=O) groups is 1. The van der Waals surface area contributed by atoms with Crippen molar-refractivity contribution in [2.75, 3.05) is 38.3 Å². The van der Waals surface area contributed by atoms with Crippen molar-refractivity contribution in [2.45, 2.75) is 6.92 Å². The summed E-state index contributed by atoms with van der Waals surface area (Å²) in [5, 5.41) is 2.81. The monoisotopic (exact) mass is 236 g/mol. The number of para-hydroxylation sites is 1. The highest BCUT2D eigenvalue weighted by atomic mass is 16.5. The van der Waals surface area contributed by atoms with Crippen molar-refractivity contribution in [1.29, 1.82) is 0 Å². The van der Waals surface area contributed by atoms with Gasteiger partial charge in [-0.05, 0) is 19.1 Å². The molecular formula is C13H20N2O2. The minimum Gasteiger partial charge on any atom is -0.383 e. The zero-order valence-corrected chi connectivity index (χ0v) is 10.5. The molecule has 0 saturated carbocycles. The molecule has 0 aliphatic rings. The lowest BCUT2D eigenvalue weighted by Gasteiger charge is -2.22. The van der Waals surface area contributed by atoms with Crippen LogP contribution in [0, 0.1) is 0 Å². The molecule has 0 aromatic heterocycles. The molecule has 4 nitrogen and oxygen atoms in total. The molecule has 0 aliphatic heterocycles. The predicted octanol–water partition coefficient (Wildman–Crippen LogP) is 1.28. The van der Waals surface area contributed by atoms with E-state index in [0.29, 0.717) is 19.7 Å². The van der Waals surface area contributed by atoms with Crippen LogP contribution in [-0.2, 0) is 9.53 Å². The first kappa shape index (κ1) is 13.5. The van der Waals surface area contributed by atoms with Gasteiger partial charge in [0.15, 0.2) is 0 Å². The second-order valence-electron chi connectivity index (χ2n) is 3.69. The molecule has 1 aromatic rings. The van der Waals surface area contributed by atoms with Crippen LogP contribution in [-0.4, -0.2) is 39.3 Å². The number of nitrogens with zero attached hydrogens (tertiary/aromatic N) is 1. The van der Waals surface area contributed by atoms with E-state index in [1.807, 2.05) is 42.2 Å². The first-order valence-corrected chi connectivity index (χ1v) is 5.83. The van der Waals surface area contributed by atoms with Crippen LogP contribution in [0.25, 0.3) is 0 Å². The number of benzene rings is 1. The van der Waals surface area contributed by atoms with Crippen LogP contribution in [0.4, 0.5) is 5.69 Å². The van der Waals surface area contributed by atoms with Gasteiger partial charge in [0, 0.05) is 25.9 Å². The Balaban J connectivity index is 2.44. The molecule has 1 N–H and O–H groups in total. The van der Waals surface area contributed by atoms with Gasteiger partial charge in [-0.15, -0.1) is 0 Å². The molecule has 0 unspecified atom stereocenters. The minimum atomic E-state index is 0.0211. The summed E-state index contributed by atoms with van der Waals surface area (Å²) in [5.41, 5.74) is 1.07.